The Balaban J connectivity index is 0.00000324. The van der Waals surface area contributed by atoms with E-state index in [2.05, 4.69) is 24.9 Å². The van der Waals surface area contributed by atoms with Gasteiger partial charge in [-0.3, -0.25) is 0 Å². The minimum atomic E-state index is 0. The minimum Gasteiger partial charge on any atom is -0.493 e. The highest BCUT2D eigenvalue weighted by atomic mass is 35.5. The fraction of sp³-hybridized carbons (Fsp3) is 0.571. The zero-order valence-corrected chi connectivity index (χ0v) is 13.6. The van der Waals surface area contributed by atoms with E-state index >= 15 is 0 Å². The van der Waals surface area contributed by atoms with Crippen LogP contribution >= 0.6 is 24.0 Å². The summed E-state index contributed by atoms with van der Waals surface area (Å²) in [6.45, 7) is 3.10. The number of nitrogens with zero attached hydrogens (tertiary/aromatic N) is 1. The first-order valence-corrected chi connectivity index (χ1v) is 6.63. The first-order valence-electron chi connectivity index (χ1n) is 6.09. The van der Waals surface area contributed by atoms with Gasteiger partial charge in [0, 0.05) is 18.5 Å². The molecule has 0 aromatic heterocycles. The van der Waals surface area contributed by atoms with Crippen molar-refractivity contribution in [1.82, 2.24) is 4.90 Å². The summed E-state index contributed by atoms with van der Waals surface area (Å²) < 4.78 is 10.5. The first-order chi connectivity index (χ1) is 8.62. The maximum atomic E-state index is 5.84. The Morgan fingerprint density at radius 3 is 2.37 bits per heavy atom. The molecule has 0 aliphatic carbocycles. The Hall–Kier alpha value is -0.640. The van der Waals surface area contributed by atoms with Gasteiger partial charge in [0.05, 0.1) is 14.2 Å². The molecular weight excluding hydrogens is 285 g/mol. The molecule has 0 saturated carbocycles. The molecule has 0 bridgehead atoms. The highest BCUT2D eigenvalue weighted by Crippen LogP contribution is 2.27. The van der Waals surface area contributed by atoms with Crippen molar-refractivity contribution in [3.8, 4) is 11.5 Å². The summed E-state index contributed by atoms with van der Waals surface area (Å²) in [7, 11) is 5.39. The molecule has 5 heteroatoms. The number of hydrogen-bond donors (Lipinski definition) is 0. The van der Waals surface area contributed by atoms with E-state index in [1.807, 2.05) is 12.1 Å². The van der Waals surface area contributed by atoms with Crippen molar-refractivity contribution in [2.75, 3.05) is 33.7 Å². The largest absolute Gasteiger partial charge is 0.493 e. The highest BCUT2D eigenvalue weighted by molar-refractivity contribution is 6.18. The molecule has 1 aromatic rings. The van der Waals surface area contributed by atoms with Gasteiger partial charge in [0.1, 0.15) is 0 Å². The number of ether oxygens (including phenoxy) is 2. The number of halogens is 2. The van der Waals surface area contributed by atoms with Crippen LogP contribution in [0.25, 0.3) is 0 Å². The van der Waals surface area contributed by atoms with Crippen LogP contribution in [0.1, 0.15) is 12.5 Å². The zero-order chi connectivity index (χ0) is 13.5. The van der Waals surface area contributed by atoms with Gasteiger partial charge < -0.3 is 14.4 Å². The molecule has 1 rings (SSSR count). The molecule has 110 valence electrons. The number of rotatable bonds is 7. The normalized spacial score (nSPS) is 11.9. The second kappa shape index (κ2) is 9.29. The fourth-order valence-electron chi connectivity index (χ4n) is 1.68. The lowest BCUT2D eigenvalue weighted by molar-refractivity contribution is 0.280. The number of hydrogen-bond acceptors (Lipinski definition) is 3. The van der Waals surface area contributed by atoms with Crippen LogP contribution in [0.2, 0.25) is 0 Å². The van der Waals surface area contributed by atoms with Crippen LogP contribution in [0.5, 0.6) is 11.5 Å². The van der Waals surface area contributed by atoms with E-state index in [0.717, 1.165) is 24.5 Å². The maximum Gasteiger partial charge on any atom is 0.160 e. The number of likely N-dealkylation sites (N-methyl/N-ethyl adjacent to an activating group) is 1. The lowest BCUT2D eigenvalue weighted by Gasteiger charge is -2.22. The second-order valence-corrected chi connectivity index (χ2v) is 4.73. The van der Waals surface area contributed by atoms with Gasteiger partial charge in [-0.15, -0.1) is 24.0 Å². The lowest BCUT2D eigenvalue weighted by Crippen LogP contribution is -2.32. The molecular formula is C14H23Cl2NO2. The van der Waals surface area contributed by atoms with Crippen LogP contribution in [0.4, 0.5) is 0 Å². The third kappa shape index (κ3) is 5.47. The predicted octanol–water partition coefficient (Wildman–Crippen LogP) is 3.23. The Labute approximate surface area is 127 Å². The fourth-order valence-corrected chi connectivity index (χ4v) is 1.92. The van der Waals surface area contributed by atoms with Crippen molar-refractivity contribution in [2.24, 2.45) is 0 Å². The maximum absolute atomic E-state index is 5.84. The summed E-state index contributed by atoms with van der Waals surface area (Å²) in [5.41, 5.74) is 1.24. The molecule has 0 aliphatic rings. The molecule has 3 nitrogen and oxygen atoms in total. The van der Waals surface area contributed by atoms with Crippen molar-refractivity contribution in [2.45, 2.75) is 19.4 Å². The number of methoxy groups -OCH3 is 2. The summed E-state index contributed by atoms with van der Waals surface area (Å²) in [6, 6.07) is 6.43. The minimum absolute atomic E-state index is 0. The zero-order valence-electron chi connectivity index (χ0n) is 12.0. The van der Waals surface area contributed by atoms with Crippen LogP contribution in [0, 0.1) is 0 Å². The third-order valence-electron chi connectivity index (χ3n) is 3.18. The molecule has 19 heavy (non-hydrogen) atoms. The van der Waals surface area contributed by atoms with Crippen LogP contribution < -0.4 is 9.47 Å². The van der Waals surface area contributed by atoms with Crippen LogP contribution in [-0.2, 0) is 6.42 Å². The smallest absolute Gasteiger partial charge is 0.160 e. The van der Waals surface area contributed by atoms with Gasteiger partial charge in [-0.2, -0.15) is 0 Å². The Bertz CT molecular complexity index is 374. The van der Waals surface area contributed by atoms with E-state index in [4.69, 9.17) is 21.1 Å². The highest BCUT2D eigenvalue weighted by Gasteiger charge is 2.09. The average Bonchev–Trinajstić information content (AvgIpc) is 2.43. The van der Waals surface area contributed by atoms with Crippen molar-refractivity contribution in [1.29, 1.82) is 0 Å². The molecule has 0 saturated heterocycles. The standard InChI is InChI=1S/C14H22ClNO2.ClH/c1-11(10-15)16(2)8-7-12-5-6-13(17-3)14(9-12)18-4;/h5-6,9,11H,7-8,10H2,1-4H3;1H/t11-;/m0./s1. The number of alkyl halides is 1. The molecule has 0 unspecified atom stereocenters. The van der Waals surface area contributed by atoms with E-state index < -0.39 is 0 Å². The summed E-state index contributed by atoms with van der Waals surface area (Å²) in [6.07, 6.45) is 0.970. The van der Waals surface area contributed by atoms with Gasteiger partial charge >= 0.3 is 0 Å². The van der Waals surface area contributed by atoms with Crippen molar-refractivity contribution < 1.29 is 9.47 Å². The third-order valence-corrected chi connectivity index (χ3v) is 3.62. The van der Waals surface area contributed by atoms with E-state index in [-0.39, 0.29) is 12.4 Å². The van der Waals surface area contributed by atoms with Crippen molar-refractivity contribution in [3.05, 3.63) is 23.8 Å². The van der Waals surface area contributed by atoms with Gasteiger partial charge in [0.15, 0.2) is 11.5 Å². The Morgan fingerprint density at radius 1 is 1.21 bits per heavy atom. The summed E-state index contributed by atoms with van der Waals surface area (Å²) >= 11 is 5.84. The molecule has 0 aliphatic heterocycles. The Morgan fingerprint density at radius 2 is 1.84 bits per heavy atom. The SMILES string of the molecule is COc1ccc(CCN(C)[C@@H](C)CCl)cc1OC.Cl. The van der Waals surface area contributed by atoms with Gasteiger partial charge in [-0.1, -0.05) is 6.07 Å². The average molecular weight is 308 g/mol. The quantitative estimate of drug-likeness (QED) is 0.722. The van der Waals surface area contributed by atoms with Gasteiger partial charge in [0.2, 0.25) is 0 Å². The van der Waals surface area contributed by atoms with E-state index in [9.17, 15) is 0 Å². The summed E-state index contributed by atoms with van der Waals surface area (Å²) in [5.74, 6) is 2.20. The lowest BCUT2D eigenvalue weighted by atomic mass is 10.1. The molecule has 0 spiro atoms. The van der Waals surface area contributed by atoms with Crippen molar-refractivity contribution >= 4 is 24.0 Å². The molecule has 1 aromatic carbocycles. The number of benzene rings is 1. The monoisotopic (exact) mass is 307 g/mol. The predicted molar refractivity (Wildman–Crippen MR) is 83.3 cm³/mol. The molecule has 0 radical (unpaired) electrons. The van der Waals surface area contributed by atoms with E-state index in [1.54, 1.807) is 14.2 Å². The summed E-state index contributed by atoms with van der Waals surface area (Å²) in [5, 5.41) is 0. The van der Waals surface area contributed by atoms with Crippen LogP contribution in [0.15, 0.2) is 18.2 Å². The topological polar surface area (TPSA) is 21.7 Å². The van der Waals surface area contributed by atoms with Gasteiger partial charge in [-0.05, 0) is 38.1 Å². The second-order valence-electron chi connectivity index (χ2n) is 4.42. The van der Waals surface area contributed by atoms with Gasteiger partial charge in [-0.25, -0.2) is 0 Å². The molecule has 0 fully saturated rings. The molecule has 1 atom stereocenters. The van der Waals surface area contributed by atoms with Crippen LogP contribution in [0.3, 0.4) is 0 Å². The molecule has 0 heterocycles. The van der Waals surface area contributed by atoms with Gasteiger partial charge in [0.25, 0.3) is 0 Å². The molecule has 0 amide bonds. The van der Waals surface area contributed by atoms with E-state index in [0.29, 0.717) is 11.9 Å². The van der Waals surface area contributed by atoms with E-state index in [1.165, 1.54) is 5.56 Å². The van der Waals surface area contributed by atoms with Crippen LogP contribution in [-0.4, -0.2) is 44.6 Å². The van der Waals surface area contributed by atoms with Crippen molar-refractivity contribution in [3.63, 3.8) is 0 Å². The Kier molecular flexibility index (Phi) is 8.98. The summed E-state index contributed by atoms with van der Waals surface area (Å²) in [4.78, 5) is 2.25. The first kappa shape index (κ1) is 18.4. The molecule has 0 N–H and O–H groups in total.